The molecule has 0 aliphatic heterocycles. The monoisotopic (exact) mass is 187 g/mol. The molecule has 0 aliphatic carbocycles. The lowest BCUT2D eigenvalue weighted by atomic mass is 10.1. The van der Waals surface area contributed by atoms with Crippen molar-refractivity contribution in [3.05, 3.63) is 0 Å². The Bertz CT molecular complexity index is 126. The van der Waals surface area contributed by atoms with E-state index in [1.807, 2.05) is 0 Å². The van der Waals surface area contributed by atoms with E-state index >= 15 is 0 Å². The number of alkyl carbamates (subject to hydrolysis) is 1. The molecule has 0 fully saturated rings. The van der Waals surface area contributed by atoms with Crippen molar-refractivity contribution < 1.29 is 9.53 Å². The van der Waals surface area contributed by atoms with E-state index < -0.39 is 0 Å². The van der Waals surface area contributed by atoms with Crippen molar-refractivity contribution in [3.63, 3.8) is 0 Å². The van der Waals surface area contributed by atoms with Gasteiger partial charge in [0.05, 0.1) is 6.61 Å². The van der Waals surface area contributed by atoms with Gasteiger partial charge in [0.15, 0.2) is 0 Å². The molecule has 0 aromatic carbocycles. The van der Waals surface area contributed by atoms with Crippen LogP contribution in [0, 0.1) is 0 Å². The van der Waals surface area contributed by atoms with Crippen LogP contribution in [-0.2, 0) is 4.74 Å². The lowest BCUT2D eigenvalue weighted by molar-refractivity contribution is 0.146. The highest BCUT2D eigenvalue weighted by molar-refractivity contribution is 5.66. The van der Waals surface area contributed by atoms with Gasteiger partial charge in [0.2, 0.25) is 0 Å². The standard InChI is InChI=1S/C10H21NO2/c1-3-4-5-6-7-8-9-13-10(12)11-2/h3-9H2,1-2H3,(H,11,12). The first-order valence-corrected chi connectivity index (χ1v) is 5.15. The van der Waals surface area contributed by atoms with Gasteiger partial charge >= 0.3 is 6.09 Å². The third-order valence-corrected chi connectivity index (χ3v) is 1.94. The zero-order chi connectivity index (χ0) is 9.94. The SMILES string of the molecule is CCCCCCCCOC(=O)NC. The maximum atomic E-state index is 10.6. The maximum Gasteiger partial charge on any atom is 0.406 e. The Morgan fingerprint density at radius 3 is 2.38 bits per heavy atom. The van der Waals surface area contributed by atoms with Crippen LogP contribution in [0.2, 0.25) is 0 Å². The Labute approximate surface area is 80.8 Å². The van der Waals surface area contributed by atoms with Gasteiger partial charge in [-0.3, -0.25) is 0 Å². The van der Waals surface area contributed by atoms with Crippen LogP contribution in [0.5, 0.6) is 0 Å². The molecule has 78 valence electrons. The second-order valence-corrected chi connectivity index (χ2v) is 3.15. The molecule has 0 spiro atoms. The Morgan fingerprint density at radius 2 is 1.77 bits per heavy atom. The van der Waals surface area contributed by atoms with Gasteiger partial charge in [-0.05, 0) is 6.42 Å². The largest absolute Gasteiger partial charge is 0.450 e. The first kappa shape index (κ1) is 12.3. The summed E-state index contributed by atoms with van der Waals surface area (Å²) in [5.41, 5.74) is 0. The zero-order valence-electron chi connectivity index (χ0n) is 8.77. The number of hydrogen-bond acceptors (Lipinski definition) is 2. The summed E-state index contributed by atoms with van der Waals surface area (Å²) in [5, 5.41) is 2.42. The number of carbonyl (C=O) groups excluding carboxylic acids is 1. The zero-order valence-corrected chi connectivity index (χ0v) is 8.77. The fourth-order valence-electron chi connectivity index (χ4n) is 1.12. The van der Waals surface area contributed by atoms with Crippen molar-refractivity contribution in [3.8, 4) is 0 Å². The minimum absolute atomic E-state index is 0.325. The number of rotatable bonds is 7. The summed E-state index contributed by atoms with van der Waals surface area (Å²) in [6.07, 6.45) is 6.97. The highest BCUT2D eigenvalue weighted by Gasteiger charge is 1.96. The highest BCUT2D eigenvalue weighted by atomic mass is 16.5. The summed E-state index contributed by atoms with van der Waals surface area (Å²) in [4.78, 5) is 10.6. The van der Waals surface area contributed by atoms with Crippen LogP contribution in [0.15, 0.2) is 0 Å². The molecule has 0 aromatic heterocycles. The molecule has 0 radical (unpaired) electrons. The molecule has 1 amide bonds. The Kier molecular flexibility index (Phi) is 8.83. The predicted octanol–water partition coefficient (Wildman–Crippen LogP) is 2.70. The number of ether oxygens (including phenoxy) is 1. The van der Waals surface area contributed by atoms with Crippen LogP contribution in [0.4, 0.5) is 4.79 Å². The van der Waals surface area contributed by atoms with Crippen LogP contribution < -0.4 is 5.32 Å². The van der Waals surface area contributed by atoms with E-state index in [-0.39, 0.29) is 6.09 Å². The van der Waals surface area contributed by atoms with Gasteiger partial charge in [-0.15, -0.1) is 0 Å². The van der Waals surface area contributed by atoms with Crippen LogP contribution >= 0.6 is 0 Å². The number of carbonyl (C=O) groups is 1. The molecule has 0 aliphatic rings. The highest BCUT2D eigenvalue weighted by Crippen LogP contribution is 2.04. The minimum atomic E-state index is -0.325. The van der Waals surface area contributed by atoms with Gasteiger partial charge in [-0.2, -0.15) is 0 Å². The third kappa shape index (κ3) is 9.18. The number of hydrogen-bond donors (Lipinski definition) is 1. The topological polar surface area (TPSA) is 38.3 Å². The molecule has 13 heavy (non-hydrogen) atoms. The van der Waals surface area contributed by atoms with Gasteiger partial charge < -0.3 is 10.1 Å². The molecule has 0 unspecified atom stereocenters. The molecule has 0 heterocycles. The van der Waals surface area contributed by atoms with Gasteiger partial charge in [0.25, 0.3) is 0 Å². The number of unbranched alkanes of at least 4 members (excludes halogenated alkanes) is 5. The van der Waals surface area contributed by atoms with E-state index in [4.69, 9.17) is 4.74 Å². The second kappa shape index (κ2) is 9.36. The Morgan fingerprint density at radius 1 is 1.15 bits per heavy atom. The fraction of sp³-hybridized carbons (Fsp3) is 0.900. The van der Waals surface area contributed by atoms with E-state index in [0.29, 0.717) is 6.61 Å². The smallest absolute Gasteiger partial charge is 0.406 e. The van der Waals surface area contributed by atoms with Crippen LogP contribution in [0.3, 0.4) is 0 Å². The van der Waals surface area contributed by atoms with Crippen molar-refractivity contribution in [2.75, 3.05) is 13.7 Å². The summed E-state index contributed by atoms with van der Waals surface area (Å²) in [6.45, 7) is 2.75. The summed E-state index contributed by atoms with van der Waals surface area (Å²) < 4.78 is 4.85. The molecular formula is C10H21NO2. The summed E-state index contributed by atoms with van der Waals surface area (Å²) >= 11 is 0. The molecule has 1 N–H and O–H groups in total. The number of nitrogens with one attached hydrogen (secondary N) is 1. The molecule has 3 nitrogen and oxygen atoms in total. The average Bonchev–Trinajstić information content (AvgIpc) is 2.16. The molecular weight excluding hydrogens is 166 g/mol. The second-order valence-electron chi connectivity index (χ2n) is 3.15. The first-order valence-electron chi connectivity index (χ1n) is 5.15. The average molecular weight is 187 g/mol. The normalized spacial score (nSPS) is 9.69. The lowest BCUT2D eigenvalue weighted by Crippen LogP contribution is -2.19. The lowest BCUT2D eigenvalue weighted by Gasteiger charge is -2.03. The summed E-state index contributed by atoms with van der Waals surface area (Å²) in [5.74, 6) is 0. The fourth-order valence-corrected chi connectivity index (χ4v) is 1.12. The van der Waals surface area contributed by atoms with Crippen molar-refractivity contribution in [1.29, 1.82) is 0 Å². The Hall–Kier alpha value is -0.730. The van der Waals surface area contributed by atoms with Crippen molar-refractivity contribution >= 4 is 6.09 Å². The van der Waals surface area contributed by atoms with E-state index in [9.17, 15) is 4.79 Å². The molecule has 0 saturated carbocycles. The van der Waals surface area contributed by atoms with Gasteiger partial charge in [-0.25, -0.2) is 4.79 Å². The van der Waals surface area contributed by atoms with Crippen molar-refractivity contribution in [2.45, 2.75) is 45.4 Å². The quantitative estimate of drug-likeness (QED) is 0.622. The third-order valence-electron chi connectivity index (χ3n) is 1.94. The van der Waals surface area contributed by atoms with E-state index in [1.165, 1.54) is 25.7 Å². The predicted molar refractivity (Wildman–Crippen MR) is 53.8 cm³/mol. The molecule has 0 rings (SSSR count). The van der Waals surface area contributed by atoms with Crippen molar-refractivity contribution in [2.24, 2.45) is 0 Å². The molecule has 3 heteroatoms. The number of amides is 1. The van der Waals surface area contributed by atoms with Crippen molar-refractivity contribution in [1.82, 2.24) is 5.32 Å². The first-order chi connectivity index (χ1) is 6.31. The molecule has 0 atom stereocenters. The van der Waals surface area contributed by atoms with Gasteiger partial charge in [-0.1, -0.05) is 39.0 Å². The van der Waals surface area contributed by atoms with E-state index in [0.717, 1.165) is 12.8 Å². The van der Waals surface area contributed by atoms with Crippen LogP contribution in [-0.4, -0.2) is 19.7 Å². The minimum Gasteiger partial charge on any atom is -0.450 e. The molecule has 0 bridgehead atoms. The molecule has 0 aromatic rings. The van der Waals surface area contributed by atoms with E-state index in [2.05, 4.69) is 12.2 Å². The molecule has 0 saturated heterocycles. The van der Waals surface area contributed by atoms with Crippen LogP contribution in [0.1, 0.15) is 45.4 Å². The van der Waals surface area contributed by atoms with E-state index in [1.54, 1.807) is 7.05 Å². The van der Waals surface area contributed by atoms with Gasteiger partial charge in [0, 0.05) is 7.05 Å². The van der Waals surface area contributed by atoms with Crippen LogP contribution in [0.25, 0.3) is 0 Å². The maximum absolute atomic E-state index is 10.6. The Balaban J connectivity index is 2.95. The van der Waals surface area contributed by atoms with Gasteiger partial charge in [0.1, 0.15) is 0 Å². The summed E-state index contributed by atoms with van der Waals surface area (Å²) in [6, 6.07) is 0. The summed E-state index contributed by atoms with van der Waals surface area (Å²) in [7, 11) is 1.57.